The van der Waals surface area contributed by atoms with Crippen molar-refractivity contribution in [2.24, 2.45) is 0 Å². The Kier molecular flexibility index (Phi) is 8.79. The van der Waals surface area contributed by atoms with Crippen LogP contribution < -0.4 is 5.73 Å². The van der Waals surface area contributed by atoms with Gasteiger partial charge in [0.1, 0.15) is 12.3 Å². The van der Waals surface area contributed by atoms with Gasteiger partial charge in [0.15, 0.2) is 17.9 Å². The summed E-state index contributed by atoms with van der Waals surface area (Å²) in [6.07, 6.45) is -4.21. The second kappa shape index (κ2) is 9.66. The highest BCUT2D eigenvalue weighted by Gasteiger charge is 2.43. The number of hydrogen-bond donors (Lipinski definition) is 6. The summed E-state index contributed by atoms with van der Waals surface area (Å²) in [6, 6.07) is 0. The van der Waals surface area contributed by atoms with Gasteiger partial charge in [-0.25, -0.2) is 18.1 Å². The average molecular weight is 503 g/mol. The molecule has 0 aromatic carbocycles. The summed E-state index contributed by atoms with van der Waals surface area (Å²) in [6.45, 7) is 2.26. The van der Waals surface area contributed by atoms with Crippen molar-refractivity contribution < 1.29 is 60.6 Å². The van der Waals surface area contributed by atoms with Crippen LogP contribution in [0.5, 0.6) is 0 Å². The largest absolute Gasteiger partial charge is 0.490 e. The zero-order chi connectivity index (χ0) is 22.8. The van der Waals surface area contributed by atoms with Gasteiger partial charge in [-0.3, -0.25) is 9.09 Å². The lowest BCUT2D eigenvalue weighted by molar-refractivity contribution is -0.189. The van der Waals surface area contributed by atoms with Crippen molar-refractivity contribution in [3.8, 4) is 0 Å². The molecule has 0 fully saturated rings. The van der Waals surface area contributed by atoms with Crippen LogP contribution >= 0.6 is 35.7 Å². The first-order valence-corrected chi connectivity index (χ1v) is 12.1. The van der Waals surface area contributed by atoms with Crippen LogP contribution in [0.1, 0.15) is 20.1 Å². The van der Waals surface area contributed by atoms with Crippen LogP contribution in [0, 0.1) is 10.6 Å². The summed E-state index contributed by atoms with van der Waals surface area (Å²) in [5.74, 6) is -1.48. The third-order valence-electron chi connectivity index (χ3n) is 2.70. The Labute approximate surface area is 167 Å². The van der Waals surface area contributed by atoms with Crippen LogP contribution in [-0.2, 0) is 31.6 Å². The van der Waals surface area contributed by atoms with Gasteiger partial charge in [-0.1, -0.05) is 0 Å². The molecule has 0 saturated heterocycles. The normalized spacial score (nSPS) is 19.7. The fourth-order valence-corrected chi connectivity index (χ4v) is 5.08. The van der Waals surface area contributed by atoms with E-state index in [9.17, 15) is 28.1 Å². The molecular formula is C9H17FN3O12P3S. The van der Waals surface area contributed by atoms with E-state index in [-0.39, 0.29) is 4.77 Å². The minimum atomic E-state index is -5.77. The molecule has 0 saturated carbocycles. The van der Waals surface area contributed by atoms with Crippen LogP contribution in [-0.4, -0.2) is 46.6 Å². The number of nitrogen functional groups attached to an aromatic ring is 1. The third kappa shape index (κ3) is 8.94. The molecule has 0 spiro atoms. The lowest BCUT2D eigenvalue weighted by Gasteiger charge is -2.27. The molecule has 3 unspecified atom stereocenters. The van der Waals surface area contributed by atoms with Crippen LogP contribution in [0.25, 0.3) is 0 Å². The standard InChI is InChI=1S/C9H17FN3O12P3S/c1-4(14)8(22-5(2)13-3-6(10)7(11)12-9(13)29)23-27(18,19)25-28(20,21)24-26(15,16)17/h3-5,8,14H,1-2H3,(H,18,19)(H,20,21)(H2,11,12,29)(H2,15,16,17)/t4-,5-,8?/m1/s1. The Bertz CT molecular complexity index is 937. The van der Waals surface area contributed by atoms with Crippen molar-refractivity contribution in [2.45, 2.75) is 32.5 Å². The van der Waals surface area contributed by atoms with Gasteiger partial charge in [-0.05, 0) is 26.1 Å². The number of aliphatic hydroxyl groups excluding tert-OH is 1. The molecule has 0 amide bonds. The van der Waals surface area contributed by atoms with Gasteiger partial charge in [-0.2, -0.15) is 13.6 Å². The SMILES string of the molecule is C[C@@H](O)C(O[C@H](C)n1cc(F)c(N)nc1=S)OP(=O)(O)OP(=O)(O)OP(=O)(O)O. The summed E-state index contributed by atoms with van der Waals surface area (Å²) < 4.78 is 64.6. The quantitative estimate of drug-likeness (QED) is 0.148. The summed E-state index contributed by atoms with van der Waals surface area (Å²) in [4.78, 5) is 39.1. The first kappa shape index (κ1) is 26.4. The van der Waals surface area contributed by atoms with Gasteiger partial charge in [0, 0.05) is 6.20 Å². The molecule has 1 rings (SSSR count). The predicted molar refractivity (Wildman–Crippen MR) is 93.6 cm³/mol. The lowest BCUT2D eigenvalue weighted by Crippen LogP contribution is -2.31. The average Bonchev–Trinajstić information content (AvgIpc) is 2.45. The molecule has 20 heteroatoms. The molecule has 5 atom stereocenters. The van der Waals surface area contributed by atoms with Crippen LogP contribution in [0.15, 0.2) is 6.20 Å². The van der Waals surface area contributed by atoms with Crippen LogP contribution in [0.3, 0.4) is 0 Å². The lowest BCUT2D eigenvalue weighted by atomic mass is 10.4. The number of aromatic nitrogens is 2. The van der Waals surface area contributed by atoms with E-state index in [0.29, 0.717) is 0 Å². The molecule has 0 aliphatic carbocycles. The fourth-order valence-electron chi connectivity index (χ4n) is 1.63. The van der Waals surface area contributed by atoms with E-state index in [1.807, 2.05) is 0 Å². The molecule has 15 nitrogen and oxygen atoms in total. The maximum Gasteiger partial charge on any atom is 0.490 e. The number of ether oxygens (including phenoxy) is 1. The topological polar surface area (TPSA) is 233 Å². The van der Waals surface area contributed by atoms with Crippen LogP contribution in [0.2, 0.25) is 0 Å². The first-order chi connectivity index (χ1) is 12.9. The zero-order valence-electron chi connectivity index (χ0n) is 14.5. The highest BCUT2D eigenvalue weighted by atomic mass is 32.1. The summed E-state index contributed by atoms with van der Waals surface area (Å²) in [5, 5.41) is 9.65. The number of anilines is 1. The second-order valence-corrected chi connectivity index (χ2v) is 9.94. The predicted octanol–water partition coefficient (Wildman–Crippen LogP) is 0.919. The molecule has 0 aliphatic rings. The first-order valence-electron chi connectivity index (χ1n) is 7.12. The maximum atomic E-state index is 13.6. The van der Waals surface area contributed by atoms with Gasteiger partial charge >= 0.3 is 23.5 Å². The van der Waals surface area contributed by atoms with E-state index in [1.54, 1.807) is 0 Å². The van der Waals surface area contributed by atoms with E-state index < -0.39 is 53.7 Å². The van der Waals surface area contributed by atoms with Gasteiger partial charge in [0.05, 0.1) is 0 Å². The van der Waals surface area contributed by atoms with Gasteiger partial charge in [0.2, 0.25) is 4.77 Å². The number of nitrogens with zero attached hydrogens (tertiary/aromatic N) is 2. The van der Waals surface area contributed by atoms with Gasteiger partial charge < -0.3 is 35.2 Å². The smallest absolute Gasteiger partial charge is 0.388 e. The monoisotopic (exact) mass is 503 g/mol. The highest BCUT2D eigenvalue weighted by molar-refractivity contribution is 7.71. The molecule has 0 aliphatic heterocycles. The summed E-state index contributed by atoms with van der Waals surface area (Å²) in [7, 11) is -16.9. The Morgan fingerprint density at radius 2 is 1.72 bits per heavy atom. The highest BCUT2D eigenvalue weighted by Crippen LogP contribution is 2.66. The second-order valence-electron chi connectivity index (χ2n) is 5.20. The maximum absolute atomic E-state index is 13.6. The summed E-state index contributed by atoms with van der Waals surface area (Å²) >= 11 is 4.86. The van der Waals surface area contributed by atoms with Crippen molar-refractivity contribution in [3.63, 3.8) is 0 Å². The number of hydrogen-bond acceptors (Lipinski definition) is 11. The number of aliphatic hydroxyl groups is 1. The van der Waals surface area contributed by atoms with Crippen molar-refractivity contribution >= 4 is 41.5 Å². The molecule has 29 heavy (non-hydrogen) atoms. The van der Waals surface area contributed by atoms with Crippen molar-refractivity contribution in [2.75, 3.05) is 5.73 Å². The molecule has 1 heterocycles. The van der Waals surface area contributed by atoms with E-state index in [4.69, 9.17) is 37.4 Å². The number of phosphoric ester groups is 1. The van der Waals surface area contributed by atoms with E-state index in [2.05, 4.69) is 18.1 Å². The third-order valence-corrected chi connectivity index (χ3v) is 6.81. The molecular weight excluding hydrogens is 486 g/mol. The minimum Gasteiger partial charge on any atom is -0.388 e. The molecule has 1 aromatic rings. The molecule has 7 N–H and O–H groups in total. The zero-order valence-corrected chi connectivity index (χ0v) is 18.0. The minimum absolute atomic E-state index is 0.265. The van der Waals surface area contributed by atoms with E-state index in [0.717, 1.165) is 17.7 Å². The molecule has 0 radical (unpaired) electrons. The molecule has 168 valence electrons. The van der Waals surface area contributed by atoms with Gasteiger partial charge in [0.25, 0.3) is 0 Å². The number of rotatable bonds is 10. The Morgan fingerprint density at radius 1 is 1.17 bits per heavy atom. The Hall–Kier alpha value is -0.640. The van der Waals surface area contributed by atoms with E-state index >= 15 is 0 Å². The Morgan fingerprint density at radius 3 is 2.21 bits per heavy atom. The summed E-state index contributed by atoms with van der Waals surface area (Å²) in [5.41, 5.74) is 5.25. The number of halogens is 1. The van der Waals surface area contributed by atoms with Gasteiger partial charge in [-0.15, -0.1) is 0 Å². The van der Waals surface area contributed by atoms with Crippen molar-refractivity contribution in [1.82, 2.24) is 9.55 Å². The van der Waals surface area contributed by atoms with Crippen LogP contribution in [0.4, 0.5) is 10.2 Å². The molecule has 1 aromatic heterocycles. The number of phosphoric acid groups is 3. The van der Waals surface area contributed by atoms with Crippen molar-refractivity contribution in [1.29, 1.82) is 0 Å². The van der Waals surface area contributed by atoms with Crippen molar-refractivity contribution in [3.05, 3.63) is 16.8 Å². The van der Waals surface area contributed by atoms with E-state index in [1.165, 1.54) is 6.92 Å². The Balaban J connectivity index is 2.99. The molecule has 0 bridgehead atoms. The fraction of sp³-hybridized carbons (Fsp3) is 0.556. The number of nitrogens with two attached hydrogens (primary N) is 1.